The molecule has 9 heteroatoms. The minimum atomic E-state index is -0.0521. The van der Waals surface area contributed by atoms with Gasteiger partial charge in [-0.2, -0.15) is 0 Å². The number of benzene rings is 1. The van der Waals surface area contributed by atoms with Crippen molar-refractivity contribution in [3.63, 3.8) is 0 Å². The number of ether oxygens (including phenoxy) is 2. The van der Waals surface area contributed by atoms with Gasteiger partial charge in [-0.15, -0.1) is 10.2 Å². The number of para-hydroxylation sites is 1. The van der Waals surface area contributed by atoms with Gasteiger partial charge in [-0.05, 0) is 31.9 Å². The Labute approximate surface area is 167 Å². The monoisotopic (exact) mass is 410 g/mol. The van der Waals surface area contributed by atoms with E-state index in [0.29, 0.717) is 23.4 Å². The van der Waals surface area contributed by atoms with Crippen molar-refractivity contribution in [3.8, 4) is 5.75 Å². The maximum atomic E-state index is 12.1. The molecule has 1 heterocycles. The number of aromatic nitrogens is 3. The molecule has 0 unspecified atom stereocenters. The van der Waals surface area contributed by atoms with E-state index in [9.17, 15) is 4.79 Å². The first kappa shape index (κ1) is 20.0. The summed E-state index contributed by atoms with van der Waals surface area (Å²) in [5.41, 5.74) is 0. The summed E-state index contributed by atoms with van der Waals surface area (Å²) < 4.78 is 12.9. The quantitative estimate of drug-likeness (QED) is 0.606. The molecule has 0 aliphatic heterocycles. The van der Waals surface area contributed by atoms with E-state index in [2.05, 4.69) is 20.1 Å². The Morgan fingerprint density at radius 3 is 2.89 bits per heavy atom. The lowest BCUT2D eigenvalue weighted by Crippen LogP contribution is -2.36. The van der Waals surface area contributed by atoms with E-state index < -0.39 is 0 Å². The summed E-state index contributed by atoms with van der Waals surface area (Å²) in [5.74, 6) is 1.59. The molecule has 146 valence electrons. The topological polar surface area (TPSA) is 78.3 Å². The summed E-state index contributed by atoms with van der Waals surface area (Å²) in [6.45, 7) is 2.67. The summed E-state index contributed by atoms with van der Waals surface area (Å²) in [7, 11) is 1.61. The number of carbonyl (C=O) groups is 1. The van der Waals surface area contributed by atoms with Gasteiger partial charge in [0, 0.05) is 19.2 Å². The number of rotatable bonds is 10. The van der Waals surface area contributed by atoms with Crippen LogP contribution in [0.15, 0.2) is 29.4 Å². The Morgan fingerprint density at radius 2 is 2.19 bits per heavy atom. The van der Waals surface area contributed by atoms with Gasteiger partial charge in [0.25, 0.3) is 0 Å². The predicted molar refractivity (Wildman–Crippen MR) is 104 cm³/mol. The van der Waals surface area contributed by atoms with Crippen LogP contribution >= 0.6 is 23.4 Å². The summed E-state index contributed by atoms with van der Waals surface area (Å²) in [4.78, 5) is 12.1. The van der Waals surface area contributed by atoms with Crippen molar-refractivity contribution in [2.75, 3.05) is 19.5 Å². The van der Waals surface area contributed by atoms with Gasteiger partial charge in [-0.25, -0.2) is 0 Å². The second kappa shape index (κ2) is 9.43. The van der Waals surface area contributed by atoms with E-state index in [1.165, 1.54) is 11.8 Å². The van der Waals surface area contributed by atoms with Crippen LogP contribution in [-0.2, 0) is 16.1 Å². The predicted octanol–water partition coefficient (Wildman–Crippen LogP) is 3.09. The van der Waals surface area contributed by atoms with Gasteiger partial charge in [0.05, 0.1) is 17.4 Å². The Bertz CT molecular complexity index is 782. The first-order valence-electron chi connectivity index (χ1n) is 8.80. The summed E-state index contributed by atoms with van der Waals surface area (Å²) in [5, 5.41) is 12.7. The third kappa shape index (κ3) is 5.60. The van der Waals surface area contributed by atoms with Gasteiger partial charge >= 0.3 is 0 Å². The zero-order valence-corrected chi connectivity index (χ0v) is 16.9. The van der Waals surface area contributed by atoms with E-state index >= 15 is 0 Å². The second-order valence-electron chi connectivity index (χ2n) is 6.43. The van der Waals surface area contributed by atoms with Crippen molar-refractivity contribution >= 4 is 29.3 Å². The van der Waals surface area contributed by atoms with Crippen molar-refractivity contribution in [2.24, 2.45) is 0 Å². The molecular formula is C18H23ClN4O3S. The molecule has 2 aromatic rings. The standard InChI is InChI=1S/C18H23ClN4O3S/c1-12(9-25-2)20-17(24)11-27-18-22-21-16(23(18)13-7-8-13)10-26-15-6-4-3-5-14(15)19/h3-6,12-13H,7-11H2,1-2H3,(H,20,24)/t12-/m1/s1. The second-order valence-corrected chi connectivity index (χ2v) is 7.78. The maximum absolute atomic E-state index is 12.1. The maximum Gasteiger partial charge on any atom is 0.230 e. The van der Waals surface area contributed by atoms with Crippen LogP contribution < -0.4 is 10.1 Å². The van der Waals surface area contributed by atoms with Gasteiger partial charge < -0.3 is 14.8 Å². The molecule has 0 spiro atoms. The Kier molecular flexibility index (Phi) is 6.98. The number of thioether (sulfide) groups is 1. The molecule has 7 nitrogen and oxygen atoms in total. The molecule has 0 bridgehead atoms. The molecule has 3 rings (SSSR count). The molecule has 1 N–H and O–H groups in total. The summed E-state index contributed by atoms with van der Waals surface area (Å²) in [6.07, 6.45) is 2.17. The number of hydrogen-bond acceptors (Lipinski definition) is 6. The average molecular weight is 411 g/mol. The largest absolute Gasteiger partial charge is 0.484 e. The van der Waals surface area contributed by atoms with Crippen molar-refractivity contribution in [2.45, 2.75) is 43.6 Å². The highest BCUT2D eigenvalue weighted by molar-refractivity contribution is 7.99. The van der Waals surface area contributed by atoms with Crippen molar-refractivity contribution < 1.29 is 14.3 Å². The molecule has 1 aromatic heterocycles. The molecule has 0 saturated heterocycles. The molecule has 1 atom stereocenters. The molecule has 1 fully saturated rings. The van der Waals surface area contributed by atoms with Crippen LogP contribution in [0.1, 0.15) is 31.6 Å². The Morgan fingerprint density at radius 1 is 1.41 bits per heavy atom. The lowest BCUT2D eigenvalue weighted by atomic mass is 10.3. The summed E-state index contributed by atoms with van der Waals surface area (Å²) in [6, 6.07) is 7.69. The first-order valence-corrected chi connectivity index (χ1v) is 10.2. The van der Waals surface area contributed by atoms with E-state index in [1.807, 2.05) is 25.1 Å². The zero-order chi connectivity index (χ0) is 19.2. The fourth-order valence-electron chi connectivity index (χ4n) is 2.65. The molecule has 1 amide bonds. The molecule has 27 heavy (non-hydrogen) atoms. The minimum absolute atomic E-state index is 0.0241. The highest BCUT2D eigenvalue weighted by Gasteiger charge is 2.30. The fourth-order valence-corrected chi connectivity index (χ4v) is 3.67. The lowest BCUT2D eigenvalue weighted by Gasteiger charge is -2.13. The van der Waals surface area contributed by atoms with Gasteiger partial charge in [0.2, 0.25) is 5.91 Å². The molecular weight excluding hydrogens is 388 g/mol. The van der Waals surface area contributed by atoms with E-state index in [-0.39, 0.29) is 24.3 Å². The van der Waals surface area contributed by atoms with Gasteiger partial charge in [-0.3, -0.25) is 9.36 Å². The highest BCUT2D eigenvalue weighted by atomic mass is 35.5. The minimum Gasteiger partial charge on any atom is -0.484 e. The first-order chi connectivity index (χ1) is 13.1. The molecule has 1 aliphatic rings. The van der Waals surface area contributed by atoms with Crippen LogP contribution in [0, 0.1) is 0 Å². The van der Waals surface area contributed by atoms with Crippen LogP contribution in [0.25, 0.3) is 0 Å². The molecule has 1 saturated carbocycles. The van der Waals surface area contributed by atoms with Crippen molar-refractivity contribution in [3.05, 3.63) is 35.1 Å². The fraction of sp³-hybridized carbons (Fsp3) is 0.500. The Hall–Kier alpha value is -1.77. The molecule has 0 radical (unpaired) electrons. The number of hydrogen-bond donors (Lipinski definition) is 1. The van der Waals surface area contributed by atoms with E-state index in [4.69, 9.17) is 21.1 Å². The number of methoxy groups -OCH3 is 1. The van der Waals surface area contributed by atoms with Gasteiger partial charge in [-0.1, -0.05) is 35.5 Å². The Balaban J connectivity index is 1.60. The third-order valence-electron chi connectivity index (χ3n) is 4.00. The van der Waals surface area contributed by atoms with Crippen molar-refractivity contribution in [1.29, 1.82) is 0 Å². The van der Waals surface area contributed by atoms with Crippen LogP contribution in [0.4, 0.5) is 0 Å². The van der Waals surface area contributed by atoms with E-state index in [1.54, 1.807) is 13.2 Å². The van der Waals surface area contributed by atoms with Crippen LogP contribution in [0.3, 0.4) is 0 Å². The van der Waals surface area contributed by atoms with Crippen LogP contribution in [0.2, 0.25) is 5.02 Å². The number of halogens is 1. The number of amides is 1. The van der Waals surface area contributed by atoms with Crippen LogP contribution in [-0.4, -0.2) is 46.2 Å². The van der Waals surface area contributed by atoms with Gasteiger partial charge in [0.1, 0.15) is 12.4 Å². The lowest BCUT2D eigenvalue weighted by molar-refractivity contribution is -0.119. The molecule has 1 aromatic carbocycles. The number of nitrogens with one attached hydrogen (secondary N) is 1. The normalized spacial score (nSPS) is 14.8. The van der Waals surface area contributed by atoms with E-state index in [0.717, 1.165) is 23.8 Å². The average Bonchev–Trinajstić information content (AvgIpc) is 3.40. The van der Waals surface area contributed by atoms with Crippen LogP contribution in [0.5, 0.6) is 5.75 Å². The number of carbonyl (C=O) groups excluding carboxylic acids is 1. The summed E-state index contributed by atoms with van der Waals surface area (Å²) >= 11 is 7.52. The SMILES string of the molecule is COC[C@@H](C)NC(=O)CSc1nnc(COc2ccccc2Cl)n1C1CC1. The third-order valence-corrected chi connectivity index (χ3v) is 5.25. The zero-order valence-electron chi connectivity index (χ0n) is 15.4. The van der Waals surface area contributed by atoms with Gasteiger partial charge in [0.15, 0.2) is 11.0 Å². The smallest absolute Gasteiger partial charge is 0.230 e. The molecule has 1 aliphatic carbocycles. The highest BCUT2D eigenvalue weighted by Crippen LogP contribution is 2.39. The number of nitrogens with zero attached hydrogens (tertiary/aromatic N) is 3. The van der Waals surface area contributed by atoms with Crippen molar-refractivity contribution in [1.82, 2.24) is 20.1 Å².